The first-order valence-corrected chi connectivity index (χ1v) is 7.89. The second kappa shape index (κ2) is 7.63. The fourth-order valence-electron chi connectivity index (χ4n) is 1.89. The van der Waals surface area contributed by atoms with E-state index >= 15 is 0 Å². The van der Waals surface area contributed by atoms with Gasteiger partial charge < -0.3 is 15.0 Å². The summed E-state index contributed by atoms with van der Waals surface area (Å²) in [5, 5.41) is 2.72. The van der Waals surface area contributed by atoms with E-state index < -0.39 is 11.7 Å². The van der Waals surface area contributed by atoms with Crippen molar-refractivity contribution < 1.29 is 14.3 Å². The summed E-state index contributed by atoms with van der Waals surface area (Å²) in [6.45, 7) is 7.63. The first-order valence-electron chi connectivity index (χ1n) is 7.09. The van der Waals surface area contributed by atoms with Crippen molar-refractivity contribution in [2.24, 2.45) is 0 Å². The SMILES string of the molecule is C[C@@H](CN(C)C(=O)c1ccccc1Br)NC(=O)OC(C)(C)C. The summed E-state index contributed by atoms with van der Waals surface area (Å²) in [7, 11) is 1.70. The van der Waals surface area contributed by atoms with E-state index in [2.05, 4.69) is 21.2 Å². The maximum absolute atomic E-state index is 12.4. The quantitative estimate of drug-likeness (QED) is 0.882. The average molecular weight is 371 g/mol. The van der Waals surface area contributed by atoms with Crippen LogP contribution in [-0.2, 0) is 4.74 Å². The summed E-state index contributed by atoms with van der Waals surface area (Å²) >= 11 is 3.37. The number of likely N-dealkylation sites (N-methyl/N-ethyl adjacent to an activating group) is 1. The van der Waals surface area contributed by atoms with Crippen LogP contribution in [0, 0.1) is 0 Å². The van der Waals surface area contributed by atoms with Gasteiger partial charge in [0.25, 0.3) is 5.91 Å². The number of ether oxygens (including phenoxy) is 1. The van der Waals surface area contributed by atoms with Crippen molar-refractivity contribution in [2.75, 3.05) is 13.6 Å². The number of alkyl carbamates (subject to hydrolysis) is 1. The van der Waals surface area contributed by atoms with Crippen LogP contribution in [0.2, 0.25) is 0 Å². The zero-order chi connectivity index (χ0) is 16.9. The third-order valence-electron chi connectivity index (χ3n) is 2.76. The van der Waals surface area contributed by atoms with Crippen LogP contribution in [0.15, 0.2) is 28.7 Å². The lowest BCUT2D eigenvalue weighted by atomic mass is 10.2. The second-order valence-corrected chi connectivity index (χ2v) is 7.07. The fraction of sp³-hybridized carbons (Fsp3) is 0.500. The van der Waals surface area contributed by atoms with Crippen LogP contribution in [0.5, 0.6) is 0 Å². The zero-order valence-corrected chi connectivity index (χ0v) is 15.2. The molecule has 0 saturated carbocycles. The van der Waals surface area contributed by atoms with Crippen molar-refractivity contribution in [1.82, 2.24) is 10.2 Å². The van der Waals surface area contributed by atoms with E-state index in [1.54, 1.807) is 38.8 Å². The normalized spacial score (nSPS) is 12.5. The summed E-state index contributed by atoms with van der Waals surface area (Å²) in [4.78, 5) is 25.6. The second-order valence-electron chi connectivity index (χ2n) is 6.21. The van der Waals surface area contributed by atoms with Gasteiger partial charge in [-0.25, -0.2) is 4.79 Å². The van der Waals surface area contributed by atoms with Gasteiger partial charge in [0.05, 0.1) is 5.56 Å². The largest absolute Gasteiger partial charge is 0.444 e. The van der Waals surface area contributed by atoms with Crippen molar-refractivity contribution >= 4 is 27.9 Å². The van der Waals surface area contributed by atoms with E-state index in [9.17, 15) is 9.59 Å². The molecule has 2 amide bonds. The van der Waals surface area contributed by atoms with Gasteiger partial charge in [-0.3, -0.25) is 4.79 Å². The Kier molecular flexibility index (Phi) is 6.41. The van der Waals surface area contributed by atoms with Gasteiger partial charge in [-0.2, -0.15) is 0 Å². The molecule has 0 saturated heterocycles. The number of amides is 2. The number of nitrogens with one attached hydrogen (secondary N) is 1. The highest BCUT2D eigenvalue weighted by Crippen LogP contribution is 2.17. The van der Waals surface area contributed by atoms with Crippen molar-refractivity contribution in [3.8, 4) is 0 Å². The Morgan fingerprint density at radius 2 is 1.91 bits per heavy atom. The number of hydrogen-bond donors (Lipinski definition) is 1. The van der Waals surface area contributed by atoms with E-state index in [4.69, 9.17) is 4.74 Å². The first-order chi connectivity index (χ1) is 10.1. The number of benzene rings is 1. The maximum Gasteiger partial charge on any atom is 0.407 e. The summed E-state index contributed by atoms with van der Waals surface area (Å²) in [5.74, 6) is -0.106. The molecule has 5 nitrogen and oxygen atoms in total. The predicted molar refractivity (Wildman–Crippen MR) is 89.9 cm³/mol. The molecule has 1 N–H and O–H groups in total. The van der Waals surface area contributed by atoms with Gasteiger partial charge in [0.1, 0.15) is 5.60 Å². The highest BCUT2D eigenvalue weighted by Gasteiger charge is 2.20. The van der Waals surface area contributed by atoms with Gasteiger partial charge in [0, 0.05) is 24.1 Å². The van der Waals surface area contributed by atoms with E-state index in [0.29, 0.717) is 12.1 Å². The molecule has 1 rings (SSSR count). The van der Waals surface area contributed by atoms with E-state index in [1.165, 1.54) is 0 Å². The zero-order valence-electron chi connectivity index (χ0n) is 13.6. The number of halogens is 1. The lowest BCUT2D eigenvalue weighted by molar-refractivity contribution is 0.0491. The molecule has 0 unspecified atom stereocenters. The number of carbonyl (C=O) groups is 2. The number of carbonyl (C=O) groups excluding carboxylic acids is 2. The molecule has 6 heteroatoms. The predicted octanol–water partition coefficient (Wildman–Crippen LogP) is 3.43. The Bertz CT molecular complexity index is 540. The summed E-state index contributed by atoms with van der Waals surface area (Å²) in [6.07, 6.45) is -0.484. The van der Waals surface area contributed by atoms with Crippen LogP contribution >= 0.6 is 15.9 Å². The molecule has 1 atom stereocenters. The van der Waals surface area contributed by atoms with E-state index in [-0.39, 0.29) is 11.9 Å². The molecule has 22 heavy (non-hydrogen) atoms. The Balaban J connectivity index is 2.57. The first kappa shape index (κ1) is 18.5. The Labute approximate surface area is 140 Å². The molecule has 1 aromatic carbocycles. The molecule has 0 aliphatic carbocycles. The molecule has 0 heterocycles. The highest BCUT2D eigenvalue weighted by molar-refractivity contribution is 9.10. The molecule has 122 valence electrons. The molecular formula is C16H23BrN2O3. The van der Waals surface area contributed by atoms with Crippen molar-refractivity contribution in [3.63, 3.8) is 0 Å². The van der Waals surface area contributed by atoms with Crippen LogP contribution < -0.4 is 5.32 Å². The Morgan fingerprint density at radius 3 is 2.45 bits per heavy atom. The summed E-state index contributed by atoms with van der Waals surface area (Å²) < 4.78 is 5.94. The smallest absolute Gasteiger partial charge is 0.407 e. The maximum atomic E-state index is 12.4. The van der Waals surface area contributed by atoms with Gasteiger partial charge in [-0.05, 0) is 55.8 Å². The third-order valence-corrected chi connectivity index (χ3v) is 3.45. The Morgan fingerprint density at radius 1 is 1.32 bits per heavy atom. The minimum atomic E-state index is -0.541. The van der Waals surface area contributed by atoms with Crippen molar-refractivity contribution in [3.05, 3.63) is 34.3 Å². The van der Waals surface area contributed by atoms with Crippen molar-refractivity contribution in [2.45, 2.75) is 39.3 Å². The molecule has 1 aromatic rings. The molecule has 0 bridgehead atoms. The van der Waals surface area contributed by atoms with Crippen LogP contribution in [0.3, 0.4) is 0 Å². The van der Waals surface area contributed by atoms with E-state index in [1.807, 2.05) is 25.1 Å². The van der Waals surface area contributed by atoms with Crippen LogP contribution in [-0.4, -0.2) is 42.1 Å². The van der Waals surface area contributed by atoms with Gasteiger partial charge >= 0.3 is 6.09 Å². The minimum absolute atomic E-state index is 0.106. The number of nitrogens with zero attached hydrogens (tertiary/aromatic N) is 1. The summed E-state index contributed by atoms with van der Waals surface area (Å²) in [6, 6.07) is 7.03. The third kappa shape index (κ3) is 6.05. The number of rotatable bonds is 4. The topological polar surface area (TPSA) is 58.6 Å². The number of hydrogen-bond acceptors (Lipinski definition) is 3. The van der Waals surface area contributed by atoms with Gasteiger partial charge in [-0.15, -0.1) is 0 Å². The fourth-order valence-corrected chi connectivity index (χ4v) is 2.34. The molecule has 0 fully saturated rings. The lowest BCUT2D eigenvalue weighted by Gasteiger charge is -2.25. The molecule has 0 aromatic heterocycles. The van der Waals surface area contributed by atoms with Crippen LogP contribution in [0.1, 0.15) is 38.1 Å². The highest BCUT2D eigenvalue weighted by atomic mass is 79.9. The molecule has 0 radical (unpaired) electrons. The molecular weight excluding hydrogens is 348 g/mol. The molecule has 0 aliphatic heterocycles. The molecule has 0 spiro atoms. The monoisotopic (exact) mass is 370 g/mol. The average Bonchev–Trinajstić information content (AvgIpc) is 2.35. The van der Waals surface area contributed by atoms with Crippen LogP contribution in [0.4, 0.5) is 4.79 Å². The van der Waals surface area contributed by atoms with Crippen molar-refractivity contribution in [1.29, 1.82) is 0 Å². The van der Waals surface area contributed by atoms with Gasteiger partial charge in [0.15, 0.2) is 0 Å². The Hall–Kier alpha value is -1.56. The standard InChI is InChI=1S/C16H23BrN2O3/c1-11(18-15(21)22-16(2,3)4)10-19(5)14(20)12-8-6-7-9-13(12)17/h6-9,11H,10H2,1-5H3,(H,18,21)/t11-/m0/s1. The summed E-state index contributed by atoms with van der Waals surface area (Å²) in [5.41, 5.74) is 0.0509. The lowest BCUT2D eigenvalue weighted by Crippen LogP contribution is -2.44. The van der Waals surface area contributed by atoms with Crippen LogP contribution in [0.25, 0.3) is 0 Å². The van der Waals surface area contributed by atoms with E-state index in [0.717, 1.165) is 4.47 Å². The van der Waals surface area contributed by atoms with Gasteiger partial charge in [0.2, 0.25) is 0 Å². The molecule has 0 aliphatic rings. The van der Waals surface area contributed by atoms with Gasteiger partial charge in [-0.1, -0.05) is 12.1 Å². The minimum Gasteiger partial charge on any atom is -0.444 e.